The van der Waals surface area contributed by atoms with E-state index in [-0.39, 0.29) is 6.17 Å². The van der Waals surface area contributed by atoms with Crippen LogP contribution in [0.4, 0.5) is 11.4 Å². The van der Waals surface area contributed by atoms with E-state index in [9.17, 15) is 0 Å². The molecule has 2 heterocycles. The summed E-state index contributed by atoms with van der Waals surface area (Å²) >= 11 is 0. The van der Waals surface area contributed by atoms with Crippen LogP contribution in [0.1, 0.15) is 29.2 Å². The van der Waals surface area contributed by atoms with Crippen LogP contribution in [0.25, 0.3) is 11.1 Å². The summed E-state index contributed by atoms with van der Waals surface area (Å²) in [6.07, 6.45) is 0.247. The van der Waals surface area contributed by atoms with Gasteiger partial charge in [-0.05, 0) is 50.6 Å². The Morgan fingerprint density at radius 3 is 2.33 bits per heavy atom. The number of hydrogen-bond donors (Lipinski definition) is 1. The number of benzene rings is 2. The van der Waals surface area contributed by atoms with Crippen molar-refractivity contribution in [2.45, 2.75) is 26.9 Å². The SMILES string of the molecule is CC1=C2c3cc(C)ccc3NC2N(C)c2ccc(C)cc21. The smallest absolute Gasteiger partial charge is 0.126 e. The fourth-order valence-electron chi connectivity index (χ4n) is 3.61. The van der Waals surface area contributed by atoms with E-state index in [2.05, 4.69) is 74.4 Å². The lowest BCUT2D eigenvalue weighted by Gasteiger charge is -2.35. The molecule has 0 saturated carbocycles. The summed E-state index contributed by atoms with van der Waals surface area (Å²) in [6.45, 7) is 6.58. The molecule has 21 heavy (non-hydrogen) atoms. The Balaban J connectivity index is 2.01. The number of aryl methyl sites for hydroxylation is 2. The van der Waals surface area contributed by atoms with Gasteiger partial charge in [0.1, 0.15) is 6.17 Å². The summed E-state index contributed by atoms with van der Waals surface area (Å²) in [7, 11) is 2.18. The third-order valence-electron chi connectivity index (χ3n) is 4.76. The van der Waals surface area contributed by atoms with Crippen molar-refractivity contribution in [2.75, 3.05) is 17.3 Å². The van der Waals surface area contributed by atoms with E-state index in [0.717, 1.165) is 0 Å². The maximum Gasteiger partial charge on any atom is 0.126 e. The third kappa shape index (κ3) is 1.65. The molecule has 4 rings (SSSR count). The molecule has 2 aliphatic heterocycles. The first kappa shape index (κ1) is 12.5. The number of anilines is 2. The normalized spacial score (nSPS) is 19.0. The number of fused-ring (bicyclic) bond motifs is 4. The monoisotopic (exact) mass is 276 g/mol. The van der Waals surface area contributed by atoms with Crippen LogP contribution in [0.3, 0.4) is 0 Å². The van der Waals surface area contributed by atoms with Gasteiger partial charge in [0.2, 0.25) is 0 Å². The Labute approximate surface area is 126 Å². The van der Waals surface area contributed by atoms with Crippen molar-refractivity contribution < 1.29 is 0 Å². The number of nitrogens with one attached hydrogen (secondary N) is 1. The molecule has 2 heteroatoms. The van der Waals surface area contributed by atoms with Gasteiger partial charge in [-0.2, -0.15) is 0 Å². The van der Waals surface area contributed by atoms with Crippen LogP contribution in [0, 0.1) is 13.8 Å². The van der Waals surface area contributed by atoms with E-state index in [1.807, 2.05) is 0 Å². The number of nitrogens with zero attached hydrogens (tertiary/aromatic N) is 1. The Bertz CT molecular complexity index is 786. The highest BCUT2D eigenvalue weighted by molar-refractivity contribution is 6.05. The standard InChI is InChI=1S/C19H20N2/c1-11-5-7-16-15(10-11)18-13(3)14-9-12(2)6-8-17(14)21(4)19(18)20-16/h5-10,19-20H,1-4H3. The first-order valence-corrected chi connectivity index (χ1v) is 7.48. The van der Waals surface area contributed by atoms with Crippen LogP contribution in [-0.4, -0.2) is 13.2 Å². The van der Waals surface area contributed by atoms with E-state index in [4.69, 9.17) is 0 Å². The quantitative estimate of drug-likeness (QED) is 0.765. The molecule has 0 radical (unpaired) electrons. The molecule has 2 aromatic carbocycles. The number of allylic oxidation sites excluding steroid dienone is 1. The zero-order valence-electron chi connectivity index (χ0n) is 13.0. The highest BCUT2D eigenvalue weighted by Crippen LogP contribution is 2.47. The van der Waals surface area contributed by atoms with Gasteiger partial charge in [-0.1, -0.05) is 23.3 Å². The van der Waals surface area contributed by atoms with Crippen molar-refractivity contribution in [1.82, 2.24) is 0 Å². The fourth-order valence-corrected chi connectivity index (χ4v) is 3.61. The molecule has 1 N–H and O–H groups in total. The van der Waals surface area contributed by atoms with Crippen molar-refractivity contribution in [3.8, 4) is 0 Å². The van der Waals surface area contributed by atoms with Crippen LogP contribution in [0.15, 0.2) is 36.4 Å². The van der Waals surface area contributed by atoms with Gasteiger partial charge in [-0.3, -0.25) is 0 Å². The molecule has 2 aliphatic rings. The van der Waals surface area contributed by atoms with E-state index < -0.39 is 0 Å². The van der Waals surface area contributed by atoms with E-state index in [1.54, 1.807) is 0 Å². The van der Waals surface area contributed by atoms with Crippen LogP contribution >= 0.6 is 0 Å². The second kappa shape index (κ2) is 4.14. The highest BCUT2D eigenvalue weighted by Gasteiger charge is 2.35. The van der Waals surface area contributed by atoms with Crippen LogP contribution in [-0.2, 0) is 0 Å². The molecule has 1 unspecified atom stereocenters. The van der Waals surface area contributed by atoms with E-state index >= 15 is 0 Å². The predicted molar refractivity (Wildman–Crippen MR) is 90.7 cm³/mol. The van der Waals surface area contributed by atoms with Crippen LogP contribution in [0.5, 0.6) is 0 Å². The predicted octanol–water partition coefficient (Wildman–Crippen LogP) is 4.44. The highest BCUT2D eigenvalue weighted by atomic mass is 15.3. The molecule has 1 atom stereocenters. The van der Waals surface area contributed by atoms with Gasteiger partial charge < -0.3 is 10.2 Å². The van der Waals surface area contributed by atoms with Gasteiger partial charge >= 0.3 is 0 Å². The Hall–Kier alpha value is -2.22. The van der Waals surface area contributed by atoms with Gasteiger partial charge in [-0.25, -0.2) is 0 Å². The fraction of sp³-hybridized carbons (Fsp3) is 0.263. The van der Waals surface area contributed by atoms with Crippen LogP contribution < -0.4 is 10.2 Å². The minimum Gasteiger partial charge on any atom is -0.361 e. The van der Waals surface area contributed by atoms with E-state index in [0.29, 0.717) is 0 Å². The minimum absolute atomic E-state index is 0.247. The Kier molecular flexibility index (Phi) is 2.47. The average Bonchev–Trinajstić information content (AvgIpc) is 2.83. The third-order valence-corrected chi connectivity index (χ3v) is 4.76. The summed E-state index contributed by atoms with van der Waals surface area (Å²) in [6, 6.07) is 13.4. The molecular formula is C19H20N2. The average molecular weight is 276 g/mol. The first-order valence-electron chi connectivity index (χ1n) is 7.48. The second-order valence-corrected chi connectivity index (χ2v) is 6.27. The molecule has 2 aromatic rings. The lowest BCUT2D eigenvalue weighted by molar-refractivity contribution is 0.862. The lowest BCUT2D eigenvalue weighted by atomic mass is 9.89. The number of hydrogen-bond acceptors (Lipinski definition) is 2. The van der Waals surface area contributed by atoms with Gasteiger partial charge in [0, 0.05) is 35.1 Å². The molecule has 2 nitrogen and oxygen atoms in total. The van der Waals surface area contributed by atoms with E-state index in [1.165, 1.54) is 44.8 Å². The molecule has 0 aliphatic carbocycles. The Morgan fingerprint density at radius 2 is 1.57 bits per heavy atom. The molecular weight excluding hydrogens is 256 g/mol. The van der Waals surface area contributed by atoms with Crippen molar-refractivity contribution >= 4 is 22.5 Å². The second-order valence-electron chi connectivity index (χ2n) is 6.27. The first-order chi connectivity index (χ1) is 10.1. The van der Waals surface area contributed by atoms with Crippen molar-refractivity contribution in [2.24, 2.45) is 0 Å². The molecule has 0 amide bonds. The summed E-state index contributed by atoms with van der Waals surface area (Å²) in [5.41, 5.74) is 10.7. The number of rotatable bonds is 0. The summed E-state index contributed by atoms with van der Waals surface area (Å²) in [5, 5.41) is 3.67. The van der Waals surface area contributed by atoms with Crippen LogP contribution in [0.2, 0.25) is 0 Å². The molecule has 0 fully saturated rings. The molecule has 0 saturated heterocycles. The zero-order valence-corrected chi connectivity index (χ0v) is 13.0. The van der Waals surface area contributed by atoms with Gasteiger partial charge in [0.05, 0.1) is 0 Å². The van der Waals surface area contributed by atoms with Crippen molar-refractivity contribution in [3.63, 3.8) is 0 Å². The maximum absolute atomic E-state index is 3.67. The maximum atomic E-state index is 3.67. The topological polar surface area (TPSA) is 15.3 Å². The molecule has 0 aromatic heterocycles. The van der Waals surface area contributed by atoms with Gasteiger partial charge in [-0.15, -0.1) is 0 Å². The lowest BCUT2D eigenvalue weighted by Crippen LogP contribution is -2.38. The minimum atomic E-state index is 0.247. The molecule has 106 valence electrons. The summed E-state index contributed by atoms with van der Waals surface area (Å²) in [4.78, 5) is 2.35. The largest absolute Gasteiger partial charge is 0.361 e. The van der Waals surface area contributed by atoms with Gasteiger partial charge in [0.15, 0.2) is 0 Å². The molecule has 0 bridgehead atoms. The van der Waals surface area contributed by atoms with Crippen molar-refractivity contribution in [3.05, 3.63) is 58.7 Å². The van der Waals surface area contributed by atoms with Crippen molar-refractivity contribution in [1.29, 1.82) is 0 Å². The molecule has 0 spiro atoms. The summed E-state index contributed by atoms with van der Waals surface area (Å²) < 4.78 is 0. The number of likely N-dealkylation sites (N-methyl/N-ethyl adjacent to an activating group) is 1. The summed E-state index contributed by atoms with van der Waals surface area (Å²) in [5.74, 6) is 0. The Morgan fingerprint density at radius 1 is 0.905 bits per heavy atom. The zero-order chi connectivity index (χ0) is 14.7. The van der Waals surface area contributed by atoms with Gasteiger partial charge in [0.25, 0.3) is 0 Å².